The fourth-order valence-electron chi connectivity index (χ4n) is 3.93. The molecule has 0 aliphatic carbocycles. The van der Waals surface area contributed by atoms with Gasteiger partial charge in [-0.05, 0) is 50.2 Å². The number of hydrogen-bond donors (Lipinski definition) is 0. The lowest BCUT2D eigenvalue weighted by Crippen LogP contribution is -2.17. The Morgan fingerprint density at radius 2 is 1.89 bits per heavy atom. The van der Waals surface area contributed by atoms with Crippen LogP contribution in [-0.2, 0) is 16.1 Å². The molecule has 0 atom stereocenters. The number of rotatable bonds is 6. The monoisotopic (exact) mass is 544 g/mol. The van der Waals surface area contributed by atoms with E-state index in [4.69, 9.17) is 26.1 Å². The molecule has 2 aromatic heterocycles. The number of Topliss-reactive ketones (excluding diaryl/α,β-unsaturated/α-hetero) is 1. The molecular weight excluding hydrogens is 524 g/mol. The third-order valence-electron chi connectivity index (χ3n) is 5.67. The largest absolute Gasteiger partial charge is 0.481 e. The van der Waals surface area contributed by atoms with E-state index in [0.717, 1.165) is 38.4 Å². The molecule has 3 heterocycles. The Balaban J connectivity index is 1.36. The molecule has 0 saturated carbocycles. The standard InChI is InChI=1S/C28H21ClN4O4S/c1-3-36-28(35)26(34)18-10-12-19(13-11-18)37-14-6-7-20-15-22-25(21-8-4-5-9-23(21)29)30-16-24-32-31-17(2)33(24)27(22)38-20/h4-5,8-13,15H,3,14,16H2,1-2H3. The summed E-state index contributed by atoms with van der Waals surface area (Å²) in [5.41, 5.74) is 2.78. The van der Waals surface area contributed by atoms with Crippen LogP contribution in [0.4, 0.5) is 0 Å². The van der Waals surface area contributed by atoms with E-state index in [1.807, 2.05) is 41.8 Å². The molecule has 1 aliphatic heterocycles. The minimum atomic E-state index is -0.877. The fourth-order valence-corrected chi connectivity index (χ4v) is 5.26. The average molecular weight is 545 g/mol. The summed E-state index contributed by atoms with van der Waals surface area (Å²) in [6.07, 6.45) is 0. The van der Waals surface area contributed by atoms with Gasteiger partial charge in [0, 0.05) is 21.7 Å². The molecule has 1 aliphatic rings. The van der Waals surface area contributed by atoms with Crippen molar-refractivity contribution in [1.29, 1.82) is 0 Å². The zero-order valence-corrected chi connectivity index (χ0v) is 22.1. The summed E-state index contributed by atoms with van der Waals surface area (Å²) in [6.45, 7) is 4.23. The van der Waals surface area contributed by atoms with Crippen LogP contribution in [0.2, 0.25) is 5.02 Å². The van der Waals surface area contributed by atoms with E-state index in [2.05, 4.69) is 22.0 Å². The van der Waals surface area contributed by atoms with Crippen LogP contribution in [0.3, 0.4) is 0 Å². The van der Waals surface area contributed by atoms with Gasteiger partial charge in [0.25, 0.3) is 5.78 Å². The van der Waals surface area contributed by atoms with Crippen LogP contribution in [0.25, 0.3) is 5.00 Å². The van der Waals surface area contributed by atoms with Gasteiger partial charge in [-0.1, -0.05) is 41.6 Å². The molecule has 0 spiro atoms. The normalized spacial score (nSPS) is 11.8. The molecule has 0 fully saturated rings. The van der Waals surface area contributed by atoms with Gasteiger partial charge in [0.15, 0.2) is 5.82 Å². The lowest BCUT2D eigenvalue weighted by atomic mass is 10.0. The maximum atomic E-state index is 12.0. The maximum absolute atomic E-state index is 12.0. The number of esters is 1. The summed E-state index contributed by atoms with van der Waals surface area (Å²) < 4.78 is 12.5. The Bertz CT molecular complexity index is 1630. The third kappa shape index (κ3) is 5.09. The molecule has 2 aromatic carbocycles. The van der Waals surface area contributed by atoms with Gasteiger partial charge < -0.3 is 9.47 Å². The number of aromatic nitrogens is 3. The molecule has 5 rings (SSSR count). The molecule has 0 radical (unpaired) electrons. The van der Waals surface area contributed by atoms with E-state index in [-0.39, 0.29) is 18.8 Å². The van der Waals surface area contributed by atoms with Crippen molar-refractivity contribution < 1.29 is 19.1 Å². The lowest BCUT2D eigenvalue weighted by molar-refractivity contribution is -0.137. The topological polar surface area (TPSA) is 95.7 Å². The van der Waals surface area contributed by atoms with Crippen LogP contribution in [0.15, 0.2) is 59.6 Å². The minimum absolute atomic E-state index is 0.135. The molecule has 0 N–H and O–H groups in total. The summed E-state index contributed by atoms with van der Waals surface area (Å²) >= 11 is 8.04. The fraction of sp³-hybridized carbons (Fsp3) is 0.179. The van der Waals surface area contributed by atoms with Crippen molar-refractivity contribution in [2.75, 3.05) is 13.2 Å². The number of nitrogens with zero attached hydrogens (tertiary/aromatic N) is 4. The van der Waals surface area contributed by atoms with E-state index >= 15 is 0 Å². The summed E-state index contributed by atoms with van der Waals surface area (Å²) in [5.74, 6) is 6.68. The summed E-state index contributed by atoms with van der Waals surface area (Å²) in [5, 5.41) is 10.1. The van der Waals surface area contributed by atoms with Crippen molar-refractivity contribution in [2.24, 2.45) is 4.99 Å². The van der Waals surface area contributed by atoms with Gasteiger partial charge in [-0.25, -0.2) is 4.79 Å². The first kappa shape index (κ1) is 25.4. The molecular formula is C28H21ClN4O4S. The van der Waals surface area contributed by atoms with Crippen LogP contribution in [0, 0.1) is 18.8 Å². The van der Waals surface area contributed by atoms with Crippen LogP contribution in [-0.4, -0.2) is 45.4 Å². The summed E-state index contributed by atoms with van der Waals surface area (Å²) in [6, 6.07) is 15.9. The second-order valence-corrected chi connectivity index (χ2v) is 9.58. The quantitative estimate of drug-likeness (QED) is 0.149. The molecule has 8 nitrogen and oxygen atoms in total. The van der Waals surface area contributed by atoms with Crippen LogP contribution >= 0.6 is 22.9 Å². The Hall–Kier alpha value is -4.26. The van der Waals surface area contributed by atoms with Crippen molar-refractivity contribution >= 4 is 40.4 Å². The number of fused-ring (bicyclic) bond motifs is 3. The smallest absolute Gasteiger partial charge is 0.379 e. The maximum Gasteiger partial charge on any atom is 0.379 e. The van der Waals surface area contributed by atoms with Crippen molar-refractivity contribution in [3.63, 3.8) is 0 Å². The minimum Gasteiger partial charge on any atom is -0.481 e. The number of aryl methyl sites for hydroxylation is 1. The molecule has 0 unspecified atom stereocenters. The summed E-state index contributed by atoms with van der Waals surface area (Å²) in [4.78, 5) is 29.3. The number of hydrogen-bond acceptors (Lipinski definition) is 8. The number of ketones is 1. The number of ether oxygens (including phenoxy) is 2. The highest BCUT2D eigenvalue weighted by molar-refractivity contribution is 7.15. The molecule has 4 aromatic rings. The summed E-state index contributed by atoms with van der Waals surface area (Å²) in [7, 11) is 0. The van der Waals surface area contributed by atoms with Gasteiger partial charge >= 0.3 is 5.97 Å². The Labute approximate surface area is 227 Å². The number of thiophene rings is 1. The van der Waals surface area contributed by atoms with Gasteiger partial charge in [0.1, 0.15) is 29.7 Å². The predicted octanol–water partition coefficient (Wildman–Crippen LogP) is 4.82. The van der Waals surface area contributed by atoms with E-state index in [0.29, 0.717) is 17.3 Å². The van der Waals surface area contributed by atoms with Gasteiger partial charge in [-0.15, -0.1) is 21.5 Å². The van der Waals surface area contributed by atoms with Gasteiger partial charge in [0.05, 0.1) is 17.2 Å². The highest BCUT2D eigenvalue weighted by atomic mass is 35.5. The molecule has 0 bridgehead atoms. The lowest BCUT2D eigenvalue weighted by Gasteiger charge is -2.08. The number of aliphatic imine (C=N–C) groups is 1. The van der Waals surface area contributed by atoms with E-state index in [1.54, 1.807) is 19.1 Å². The first-order valence-corrected chi connectivity index (χ1v) is 12.9. The van der Waals surface area contributed by atoms with Crippen molar-refractivity contribution in [3.05, 3.63) is 92.8 Å². The molecule has 38 heavy (non-hydrogen) atoms. The molecule has 190 valence electrons. The van der Waals surface area contributed by atoms with Crippen LogP contribution in [0.5, 0.6) is 5.75 Å². The first-order valence-electron chi connectivity index (χ1n) is 11.7. The zero-order chi connectivity index (χ0) is 26.6. The second kappa shape index (κ2) is 11.0. The Morgan fingerprint density at radius 1 is 1.11 bits per heavy atom. The number of halogens is 1. The van der Waals surface area contributed by atoms with Crippen LogP contribution in [0.1, 0.15) is 44.9 Å². The van der Waals surface area contributed by atoms with E-state index in [9.17, 15) is 9.59 Å². The van der Waals surface area contributed by atoms with Gasteiger partial charge in [-0.2, -0.15) is 0 Å². The predicted molar refractivity (Wildman–Crippen MR) is 145 cm³/mol. The third-order valence-corrected chi connectivity index (χ3v) is 7.04. The molecule has 0 amide bonds. The van der Waals surface area contributed by atoms with Crippen molar-refractivity contribution in [3.8, 4) is 22.6 Å². The molecule has 10 heteroatoms. The van der Waals surface area contributed by atoms with E-state index < -0.39 is 11.8 Å². The van der Waals surface area contributed by atoms with Crippen molar-refractivity contribution in [2.45, 2.75) is 20.4 Å². The van der Waals surface area contributed by atoms with Gasteiger partial charge in [-0.3, -0.25) is 14.4 Å². The molecule has 0 saturated heterocycles. The Morgan fingerprint density at radius 3 is 2.66 bits per heavy atom. The van der Waals surface area contributed by atoms with Crippen LogP contribution < -0.4 is 4.74 Å². The Kier molecular flexibility index (Phi) is 7.36. The second-order valence-electron chi connectivity index (χ2n) is 8.14. The number of carbonyl (C=O) groups excluding carboxylic acids is 2. The first-order chi connectivity index (χ1) is 18.5. The average Bonchev–Trinajstić information content (AvgIpc) is 3.46. The zero-order valence-electron chi connectivity index (χ0n) is 20.5. The number of benzene rings is 2. The van der Waals surface area contributed by atoms with Crippen molar-refractivity contribution in [1.82, 2.24) is 14.8 Å². The highest BCUT2D eigenvalue weighted by Gasteiger charge is 2.25. The SMILES string of the molecule is CCOC(=O)C(=O)c1ccc(OCC#Cc2cc3c(s2)-n2c(C)nnc2CN=C3c2ccccc2Cl)cc1. The van der Waals surface area contributed by atoms with Gasteiger partial charge in [0.2, 0.25) is 0 Å². The van der Waals surface area contributed by atoms with E-state index in [1.165, 1.54) is 23.5 Å². The highest BCUT2D eigenvalue weighted by Crippen LogP contribution is 2.34. The number of carbonyl (C=O) groups is 2.